The highest BCUT2D eigenvalue weighted by Gasteiger charge is 2.18. The van der Waals surface area contributed by atoms with Crippen molar-refractivity contribution in [1.82, 2.24) is 8.87 Å². The van der Waals surface area contributed by atoms with Crippen LogP contribution in [0.2, 0.25) is 5.02 Å². The fraction of sp³-hybridized carbons (Fsp3) is 0.263. The molecule has 3 rings (SSSR count). The van der Waals surface area contributed by atoms with Gasteiger partial charge in [0, 0.05) is 33.3 Å². The van der Waals surface area contributed by atoms with Crippen molar-refractivity contribution in [2.75, 3.05) is 27.8 Å². The van der Waals surface area contributed by atoms with Crippen molar-refractivity contribution in [2.45, 2.75) is 11.4 Å². The Balaban J connectivity index is 2.03. The van der Waals surface area contributed by atoms with E-state index in [0.717, 1.165) is 14.5 Å². The zero-order valence-corrected chi connectivity index (χ0v) is 18.5. The number of carbonyl (C=O) groups excluding carboxylic acids is 1. The standard InChI is InChI=1S/C19H20ClN3O4S2/c1-22(2)29(25,26)14-9-7-13(8-10-14)18(24)21-19-23(11-12-27-3)17-15(20)5-4-6-16(17)28-19/h4-10H,11-12H2,1-3H3. The Morgan fingerprint density at radius 2 is 1.90 bits per heavy atom. The van der Waals surface area contributed by atoms with Gasteiger partial charge in [-0.15, -0.1) is 0 Å². The molecular formula is C19H20ClN3O4S2. The number of hydrogen-bond donors (Lipinski definition) is 0. The number of nitrogens with zero attached hydrogens (tertiary/aromatic N) is 3. The van der Waals surface area contributed by atoms with E-state index < -0.39 is 15.9 Å². The Kier molecular flexibility index (Phi) is 6.55. The molecule has 0 bridgehead atoms. The molecule has 0 aliphatic heterocycles. The fourth-order valence-corrected chi connectivity index (χ4v) is 5.01. The van der Waals surface area contributed by atoms with Gasteiger partial charge < -0.3 is 9.30 Å². The molecule has 1 aromatic heterocycles. The van der Waals surface area contributed by atoms with E-state index in [4.69, 9.17) is 16.3 Å². The van der Waals surface area contributed by atoms with Crippen molar-refractivity contribution >= 4 is 49.1 Å². The summed E-state index contributed by atoms with van der Waals surface area (Å²) in [5.74, 6) is -0.465. The molecule has 0 aliphatic carbocycles. The molecule has 7 nitrogen and oxygen atoms in total. The highest BCUT2D eigenvalue weighted by molar-refractivity contribution is 7.89. The molecule has 1 amide bonds. The van der Waals surface area contributed by atoms with E-state index in [1.54, 1.807) is 13.2 Å². The van der Waals surface area contributed by atoms with Crippen LogP contribution in [-0.4, -0.2) is 51.0 Å². The lowest BCUT2D eigenvalue weighted by molar-refractivity contribution is 0.0997. The van der Waals surface area contributed by atoms with Gasteiger partial charge in [-0.3, -0.25) is 4.79 Å². The smallest absolute Gasteiger partial charge is 0.279 e. The summed E-state index contributed by atoms with van der Waals surface area (Å²) < 4.78 is 33.4. The summed E-state index contributed by atoms with van der Waals surface area (Å²) in [6, 6.07) is 11.3. The maximum Gasteiger partial charge on any atom is 0.279 e. The van der Waals surface area contributed by atoms with Crippen molar-refractivity contribution in [3.8, 4) is 0 Å². The SMILES string of the molecule is COCCn1c(=NC(=O)c2ccc(S(=O)(=O)N(C)C)cc2)sc2cccc(Cl)c21. The van der Waals surface area contributed by atoms with Crippen molar-refractivity contribution in [1.29, 1.82) is 0 Å². The summed E-state index contributed by atoms with van der Waals surface area (Å²) in [4.78, 5) is 17.6. The zero-order chi connectivity index (χ0) is 21.2. The summed E-state index contributed by atoms with van der Waals surface area (Å²) in [6.07, 6.45) is 0. The summed E-state index contributed by atoms with van der Waals surface area (Å²) in [5, 5.41) is 0.571. The second-order valence-corrected chi connectivity index (χ2v) is 9.91. The number of fused-ring (bicyclic) bond motifs is 1. The number of benzene rings is 2. The minimum Gasteiger partial charge on any atom is -0.383 e. The third-order valence-corrected chi connectivity index (χ3v) is 7.43. The average Bonchev–Trinajstić information content (AvgIpc) is 3.04. The molecule has 0 aliphatic rings. The Labute approximate surface area is 177 Å². The van der Waals surface area contributed by atoms with E-state index in [1.165, 1.54) is 49.7 Å². The first kappa shape index (κ1) is 21.7. The summed E-state index contributed by atoms with van der Waals surface area (Å²) in [5.41, 5.74) is 1.10. The second-order valence-electron chi connectivity index (χ2n) is 6.34. The number of aromatic nitrogens is 1. The molecule has 2 aromatic carbocycles. The van der Waals surface area contributed by atoms with Gasteiger partial charge in [-0.05, 0) is 36.4 Å². The third-order valence-electron chi connectivity index (χ3n) is 4.25. The van der Waals surface area contributed by atoms with Gasteiger partial charge in [0.1, 0.15) is 0 Å². The van der Waals surface area contributed by atoms with E-state index in [2.05, 4.69) is 4.99 Å². The number of hydrogen-bond acceptors (Lipinski definition) is 5. The van der Waals surface area contributed by atoms with Crippen molar-refractivity contribution in [2.24, 2.45) is 4.99 Å². The van der Waals surface area contributed by atoms with Gasteiger partial charge in [0.05, 0.1) is 26.7 Å². The Hall–Kier alpha value is -2.04. The number of halogens is 1. The summed E-state index contributed by atoms with van der Waals surface area (Å²) in [7, 11) is 0.950. The highest BCUT2D eigenvalue weighted by Crippen LogP contribution is 2.25. The second kappa shape index (κ2) is 8.76. The maximum atomic E-state index is 12.7. The van der Waals surface area contributed by atoms with Crippen molar-refractivity contribution in [3.63, 3.8) is 0 Å². The van der Waals surface area contributed by atoms with Crippen molar-refractivity contribution in [3.05, 3.63) is 57.9 Å². The lowest BCUT2D eigenvalue weighted by atomic mass is 10.2. The largest absolute Gasteiger partial charge is 0.383 e. The van der Waals surface area contributed by atoms with Crippen LogP contribution in [0.1, 0.15) is 10.4 Å². The molecule has 1 heterocycles. The van der Waals surface area contributed by atoms with E-state index in [9.17, 15) is 13.2 Å². The molecular weight excluding hydrogens is 434 g/mol. The molecule has 154 valence electrons. The van der Waals surface area contributed by atoms with E-state index in [1.807, 2.05) is 16.7 Å². The van der Waals surface area contributed by atoms with Crippen LogP contribution in [0.15, 0.2) is 52.4 Å². The van der Waals surface area contributed by atoms with Gasteiger partial charge in [0.15, 0.2) is 4.80 Å². The molecule has 0 N–H and O–H groups in total. The number of sulfonamides is 1. The van der Waals surface area contributed by atoms with E-state index in [0.29, 0.717) is 28.5 Å². The molecule has 0 radical (unpaired) electrons. The zero-order valence-electron chi connectivity index (χ0n) is 16.1. The Morgan fingerprint density at radius 1 is 1.21 bits per heavy atom. The lowest BCUT2D eigenvalue weighted by Gasteiger charge is -2.11. The van der Waals surface area contributed by atoms with E-state index in [-0.39, 0.29) is 4.90 Å². The Morgan fingerprint density at radius 3 is 2.52 bits per heavy atom. The first-order valence-corrected chi connectivity index (χ1v) is 11.3. The molecule has 3 aromatic rings. The predicted molar refractivity (Wildman–Crippen MR) is 114 cm³/mol. The molecule has 0 fully saturated rings. The third kappa shape index (κ3) is 4.44. The van der Waals surface area contributed by atoms with Gasteiger partial charge in [0.2, 0.25) is 10.0 Å². The van der Waals surface area contributed by atoms with Gasteiger partial charge >= 0.3 is 0 Å². The number of carbonyl (C=O) groups is 1. The number of methoxy groups -OCH3 is 1. The van der Waals surface area contributed by atoms with Gasteiger partial charge in [0.25, 0.3) is 5.91 Å². The molecule has 10 heteroatoms. The fourth-order valence-electron chi connectivity index (χ4n) is 2.69. The van der Waals surface area contributed by atoms with Crippen LogP contribution in [-0.2, 0) is 21.3 Å². The van der Waals surface area contributed by atoms with Gasteiger partial charge in [-0.1, -0.05) is 29.0 Å². The molecule has 0 saturated carbocycles. The molecule has 29 heavy (non-hydrogen) atoms. The maximum absolute atomic E-state index is 12.7. The molecule has 0 atom stereocenters. The monoisotopic (exact) mass is 453 g/mol. The number of ether oxygens (including phenoxy) is 1. The van der Waals surface area contributed by atoms with Crippen LogP contribution >= 0.6 is 22.9 Å². The van der Waals surface area contributed by atoms with Crippen LogP contribution in [0.25, 0.3) is 10.2 Å². The van der Waals surface area contributed by atoms with Gasteiger partial charge in [-0.2, -0.15) is 4.99 Å². The number of thiazole rings is 1. The average molecular weight is 454 g/mol. The summed E-state index contributed by atoms with van der Waals surface area (Å²) in [6.45, 7) is 0.932. The number of amides is 1. The van der Waals surface area contributed by atoms with Crippen LogP contribution in [0.3, 0.4) is 0 Å². The van der Waals surface area contributed by atoms with Crippen molar-refractivity contribution < 1.29 is 17.9 Å². The predicted octanol–water partition coefficient (Wildman–Crippen LogP) is 2.99. The number of para-hydroxylation sites is 1. The summed E-state index contributed by atoms with van der Waals surface area (Å²) >= 11 is 7.71. The first-order chi connectivity index (χ1) is 13.8. The first-order valence-electron chi connectivity index (χ1n) is 8.64. The normalized spacial score (nSPS) is 12.8. The van der Waals surface area contributed by atoms with Crippen LogP contribution in [0.4, 0.5) is 0 Å². The molecule has 0 unspecified atom stereocenters. The molecule has 0 saturated heterocycles. The minimum atomic E-state index is -3.56. The Bertz CT molecular complexity index is 1210. The van der Waals surface area contributed by atoms with Crippen LogP contribution < -0.4 is 4.80 Å². The van der Waals surface area contributed by atoms with Gasteiger partial charge in [-0.25, -0.2) is 12.7 Å². The van der Waals surface area contributed by atoms with E-state index >= 15 is 0 Å². The van der Waals surface area contributed by atoms with Crippen LogP contribution in [0, 0.1) is 0 Å². The molecule has 0 spiro atoms. The van der Waals surface area contributed by atoms with Crippen LogP contribution in [0.5, 0.6) is 0 Å². The quantitative estimate of drug-likeness (QED) is 0.574. The lowest BCUT2D eigenvalue weighted by Crippen LogP contribution is -2.22. The minimum absolute atomic E-state index is 0.114. The topological polar surface area (TPSA) is 81.0 Å². The highest BCUT2D eigenvalue weighted by atomic mass is 35.5. The number of rotatable bonds is 6.